The summed E-state index contributed by atoms with van der Waals surface area (Å²) in [6.07, 6.45) is 8.99. The molecule has 2 rings (SSSR count). The maximum absolute atomic E-state index is 5.33. The second-order valence-corrected chi connectivity index (χ2v) is 2.67. The minimum absolute atomic E-state index is 0.855. The van der Waals surface area contributed by atoms with Crippen LogP contribution in [-0.2, 0) is 7.05 Å². The van der Waals surface area contributed by atoms with E-state index in [1.165, 1.54) is 0 Å². The van der Waals surface area contributed by atoms with Gasteiger partial charge in [-0.2, -0.15) is 0 Å². The fraction of sp³-hybridized carbons (Fsp3) is 0.100. The lowest BCUT2D eigenvalue weighted by Gasteiger charge is -1.91. The van der Waals surface area contributed by atoms with Crippen molar-refractivity contribution in [1.29, 1.82) is 0 Å². The lowest BCUT2D eigenvalue weighted by atomic mass is 10.3. The van der Waals surface area contributed by atoms with Gasteiger partial charge in [0, 0.05) is 19.4 Å². The Kier molecular flexibility index (Phi) is 1.38. The van der Waals surface area contributed by atoms with E-state index in [0.29, 0.717) is 0 Å². The van der Waals surface area contributed by atoms with Crippen LogP contribution in [0.4, 0.5) is 0 Å². The van der Waals surface area contributed by atoms with Gasteiger partial charge < -0.3 is 4.57 Å². The molecule has 2 aromatic heterocycles. The van der Waals surface area contributed by atoms with Crippen molar-refractivity contribution in [3.8, 4) is 12.3 Å². The molecule has 0 spiro atoms. The summed E-state index contributed by atoms with van der Waals surface area (Å²) in [7, 11) is 1.96. The monoisotopic (exact) mass is 156 g/mol. The number of hydrogen-bond donors (Lipinski definition) is 0. The number of terminal acetylenes is 1. The predicted molar refractivity (Wildman–Crippen MR) is 48.6 cm³/mol. The summed E-state index contributed by atoms with van der Waals surface area (Å²) in [5.41, 5.74) is 2.83. The van der Waals surface area contributed by atoms with Gasteiger partial charge in [-0.05, 0) is 12.1 Å². The van der Waals surface area contributed by atoms with Crippen molar-refractivity contribution in [3.63, 3.8) is 0 Å². The Morgan fingerprint density at radius 3 is 3.17 bits per heavy atom. The third-order valence-corrected chi connectivity index (χ3v) is 1.90. The molecule has 2 aromatic rings. The molecule has 2 nitrogen and oxygen atoms in total. The topological polar surface area (TPSA) is 17.8 Å². The van der Waals surface area contributed by atoms with Crippen LogP contribution in [0.5, 0.6) is 0 Å². The zero-order valence-electron chi connectivity index (χ0n) is 6.78. The van der Waals surface area contributed by atoms with E-state index in [2.05, 4.69) is 10.9 Å². The Morgan fingerprint density at radius 2 is 2.42 bits per heavy atom. The fourth-order valence-electron chi connectivity index (χ4n) is 1.32. The van der Waals surface area contributed by atoms with Gasteiger partial charge in [-0.15, -0.1) is 6.42 Å². The van der Waals surface area contributed by atoms with E-state index < -0.39 is 0 Å². The maximum Gasteiger partial charge on any atom is 0.104 e. The molecule has 0 aliphatic heterocycles. The highest BCUT2D eigenvalue weighted by molar-refractivity contribution is 5.82. The summed E-state index contributed by atoms with van der Waals surface area (Å²) < 4.78 is 1.98. The van der Waals surface area contributed by atoms with Gasteiger partial charge in [0.2, 0.25) is 0 Å². The molecule has 0 bridgehead atoms. The Hall–Kier alpha value is -1.75. The standard InChI is InChI=1S/C10H8N2/c1-3-8-7-12(2)9-5-4-6-11-10(8)9/h1,4-7H,2H3. The van der Waals surface area contributed by atoms with Gasteiger partial charge in [-0.3, -0.25) is 4.98 Å². The molecule has 0 atom stereocenters. The molecule has 0 saturated heterocycles. The van der Waals surface area contributed by atoms with Crippen LogP contribution in [0.1, 0.15) is 5.56 Å². The zero-order valence-corrected chi connectivity index (χ0v) is 6.78. The van der Waals surface area contributed by atoms with Crippen molar-refractivity contribution < 1.29 is 0 Å². The minimum Gasteiger partial charge on any atom is -0.348 e. The van der Waals surface area contributed by atoms with Gasteiger partial charge in [0.1, 0.15) is 5.52 Å². The van der Waals surface area contributed by atoms with Crippen LogP contribution in [-0.4, -0.2) is 9.55 Å². The van der Waals surface area contributed by atoms with Crippen LogP contribution < -0.4 is 0 Å². The van der Waals surface area contributed by atoms with E-state index in [0.717, 1.165) is 16.6 Å². The summed E-state index contributed by atoms with van der Waals surface area (Å²) in [6, 6.07) is 3.91. The molecule has 0 aromatic carbocycles. The first kappa shape index (κ1) is 6.93. The van der Waals surface area contributed by atoms with Gasteiger partial charge >= 0.3 is 0 Å². The smallest absolute Gasteiger partial charge is 0.104 e. The highest BCUT2D eigenvalue weighted by Gasteiger charge is 2.03. The van der Waals surface area contributed by atoms with Gasteiger partial charge in [-0.1, -0.05) is 5.92 Å². The lowest BCUT2D eigenvalue weighted by Crippen LogP contribution is -1.82. The van der Waals surface area contributed by atoms with Crippen molar-refractivity contribution in [1.82, 2.24) is 9.55 Å². The highest BCUT2D eigenvalue weighted by Crippen LogP contribution is 2.15. The van der Waals surface area contributed by atoms with Crippen molar-refractivity contribution >= 4 is 11.0 Å². The minimum atomic E-state index is 0.855. The second-order valence-electron chi connectivity index (χ2n) is 2.67. The van der Waals surface area contributed by atoms with Crippen LogP contribution in [0.3, 0.4) is 0 Å². The fourth-order valence-corrected chi connectivity index (χ4v) is 1.32. The molecule has 2 heteroatoms. The van der Waals surface area contributed by atoms with E-state index in [4.69, 9.17) is 6.42 Å². The van der Waals surface area contributed by atoms with Crippen LogP contribution >= 0.6 is 0 Å². The third-order valence-electron chi connectivity index (χ3n) is 1.90. The Balaban J connectivity index is 2.94. The molecular weight excluding hydrogens is 148 g/mol. The zero-order chi connectivity index (χ0) is 8.55. The molecule has 0 aliphatic carbocycles. The number of rotatable bonds is 0. The van der Waals surface area contributed by atoms with Crippen LogP contribution in [0.2, 0.25) is 0 Å². The molecule has 0 fully saturated rings. The van der Waals surface area contributed by atoms with Crippen molar-refractivity contribution in [2.75, 3.05) is 0 Å². The number of aryl methyl sites for hydroxylation is 1. The summed E-state index contributed by atoms with van der Waals surface area (Å²) in [6.45, 7) is 0. The Bertz CT molecular complexity index is 460. The van der Waals surface area contributed by atoms with Crippen molar-refractivity contribution in [2.24, 2.45) is 7.05 Å². The number of nitrogens with zero attached hydrogens (tertiary/aromatic N) is 2. The number of pyridine rings is 1. The molecule has 2 heterocycles. The van der Waals surface area contributed by atoms with Gasteiger partial charge in [-0.25, -0.2) is 0 Å². The SMILES string of the molecule is C#Cc1cn(C)c2cccnc12. The van der Waals surface area contributed by atoms with E-state index in [-0.39, 0.29) is 0 Å². The predicted octanol–water partition coefficient (Wildman–Crippen LogP) is 1.55. The molecule has 58 valence electrons. The Morgan fingerprint density at radius 1 is 1.58 bits per heavy atom. The molecule has 0 amide bonds. The van der Waals surface area contributed by atoms with E-state index >= 15 is 0 Å². The van der Waals surface area contributed by atoms with E-state index in [1.54, 1.807) is 6.20 Å². The molecule has 0 aliphatic rings. The summed E-state index contributed by atoms with van der Waals surface area (Å²) in [4.78, 5) is 4.21. The molecular formula is C10H8N2. The number of hydrogen-bond acceptors (Lipinski definition) is 1. The first-order valence-electron chi connectivity index (χ1n) is 3.69. The quantitative estimate of drug-likeness (QED) is 0.529. The largest absolute Gasteiger partial charge is 0.348 e. The average molecular weight is 156 g/mol. The first-order chi connectivity index (χ1) is 5.83. The van der Waals surface area contributed by atoms with E-state index in [1.807, 2.05) is 29.9 Å². The molecule has 0 unspecified atom stereocenters. The summed E-state index contributed by atoms with van der Waals surface area (Å²) in [5, 5.41) is 0. The molecule has 0 saturated carbocycles. The third kappa shape index (κ3) is 0.802. The number of aromatic nitrogens is 2. The lowest BCUT2D eigenvalue weighted by molar-refractivity contribution is 0.967. The van der Waals surface area contributed by atoms with Crippen molar-refractivity contribution in [3.05, 3.63) is 30.1 Å². The van der Waals surface area contributed by atoms with E-state index in [9.17, 15) is 0 Å². The summed E-state index contributed by atoms with van der Waals surface area (Å²) in [5.74, 6) is 2.61. The van der Waals surface area contributed by atoms with Gasteiger partial charge in [0.25, 0.3) is 0 Å². The average Bonchev–Trinajstić information content (AvgIpc) is 2.44. The highest BCUT2D eigenvalue weighted by atomic mass is 14.9. The summed E-state index contributed by atoms with van der Waals surface area (Å²) >= 11 is 0. The van der Waals surface area contributed by atoms with Gasteiger partial charge in [0.15, 0.2) is 0 Å². The normalized spacial score (nSPS) is 10.0. The Labute approximate surface area is 70.8 Å². The maximum atomic E-state index is 5.33. The molecule has 0 N–H and O–H groups in total. The number of fused-ring (bicyclic) bond motifs is 1. The molecule has 0 radical (unpaired) electrons. The van der Waals surface area contributed by atoms with Gasteiger partial charge in [0.05, 0.1) is 11.1 Å². The van der Waals surface area contributed by atoms with Crippen LogP contribution in [0.25, 0.3) is 11.0 Å². The van der Waals surface area contributed by atoms with Crippen LogP contribution in [0.15, 0.2) is 24.5 Å². The molecule has 12 heavy (non-hydrogen) atoms. The van der Waals surface area contributed by atoms with Crippen LogP contribution in [0, 0.1) is 12.3 Å². The van der Waals surface area contributed by atoms with Crippen molar-refractivity contribution in [2.45, 2.75) is 0 Å². The first-order valence-corrected chi connectivity index (χ1v) is 3.69. The second kappa shape index (κ2) is 2.38.